The van der Waals surface area contributed by atoms with Gasteiger partial charge < -0.3 is 45.1 Å². The molecule has 472 valence electrons. The van der Waals surface area contributed by atoms with Crippen LogP contribution in [0.4, 0.5) is 0 Å². The lowest BCUT2D eigenvalue weighted by Gasteiger charge is -2.41. The van der Waals surface area contributed by atoms with Crippen LogP contribution in [0.1, 0.15) is 245 Å². The molecule has 11 nitrogen and oxygen atoms in total. The molecule has 6 N–H and O–H groups in total. The Hall–Kier alpha value is -4.20. The van der Waals surface area contributed by atoms with E-state index in [0.29, 0.717) is 12.8 Å². The van der Waals surface area contributed by atoms with Gasteiger partial charge in [0.25, 0.3) is 0 Å². The number of aliphatic hydroxyl groups excluding tert-OH is 5. The number of amides is 1. The van der Waals surface area contributed by atoms with Gasteiger partial charge in [0.1, 0.15) is 24.4 Å². The Morgan fingerprint density at radius 2 is 0.916 bits per heavy atom. The molecule has 1 saturated heterocycles. The SMILES string of the molecule is CC\C=C/C=C/C=C/C=C\C=C\C=C\CCCCCC(=O)OC1C(OCC(NC(=O)C(O)CCCCCCCCCC/C=C\C/C=C\C/C=C\C/C=C\CCCCC)C(O)/C=C/CCCCCCCCCCCCC)OC(CO)C(O)C1O. The van der Waals surface area contributed by atoms with Crippen LogP contribution in [0.2, 0.25) is 0 Å². The molecular formula is C72H119NO10. The molecule has 0 aromatic carbocycles. The second-order valence-electron chi connectivity index (χ2n) is 22.3. The normalized spacial score (nSPS) is 19.4. The zero-order valence-corrected chi connectivity index (χ0v) is 52.3. The van der Waals surface area contributed by atoms with Crippen LogP contribution in [0.5, 0.6) is 0 Å². The van der Waals surface area contributed by atoms with E-state index in [0.717, 1.165) is 103 Å². The maximum Gasteiger partial charge on any atom is 0.306 e. The Kier molecular flexibility index (Phi) is 53.9. The fourth-order valence-electron chi connectivity index (χ4n) is 9.49. The van der Waals surface area contributed by atoms with Crippen molar-refractivity contribution < 1.29 is 49.3 Å². The monoisotopic (exact) mass is 1160 g/mol. The van der Waals surface area contributed by atoms with Crippen LogP contribution in [-0.2, 0) is 23.8 Å². The third kappa shape index (κ3) is 45.8. The van der Waals surface area contributed by atoms with Gasteiger partial charge >= 0.3 is 5.97 Å². The summed E-state index contributed by atoms with van der Waals surface area (Å²) in [5, 5.41) is 57.1. The van der Waals surface area contributed by atoms with Crippen molar-refractivity contribution in [3.8, 4) is 0 Å². The van der Waals surface area contributed by atoms with E-state index in [2.05, 4.69) is 86.8 Å². The number of hydrogen-bond acceptors (Lipinski definition) is 10. The van der Waals surface area contributed by atoms with Gasteiger partial charge in [-0.2, -0.15) is 0 Å². The van der Waals surface area contributed by atoms with Gasteiger partial charge in [0.2, 0.25) is 5.91 Å². The summed E-state index contributed by atoms with van der Waals surface area (Å²) in [6.07, 6.45) is 71.9. The van der Waals surface area contributed by atoms with Crippen molar-refractivity contribution in [1.82, 2.24) is 5.32 Å². The zero-order chi connectivity index (χ0) is 60.3. The Morgan fingerprint density at radius 1 is 0.494 bits per heavy atom. The van der Waals surface area contributed by atoms with Gasteiger partial charge in [-0.1, -0.05) is 283 Å². The Morgan fingerprint density at radius 3 is 1.43 bits per heavy atom. The number of unbranched alkanes of at least 4 members (excludes halogenated alkanes) is 25. The maximum absolute atomic E-state index is 13.5. The van der Waals surface area contributed by atoms with Crippen LogP contribution in [0.25, 0.3) is 0 Å². The first-order valence-corrected chi connectivity index (χ1v) is 33.0. The quantitative estimate of drug-likeness (QED) is 0.0149. The third-order valence-corrected chi connectivity index (χ3v) is 14.7. The van der Waals surface area contributed by atoms with E-state index in [1.807, 2.05) is 66.8 Å². The minimum absolute atomic E-state index is 0.0640. The molecule has 1 aliphatic heterocycles. The number of carbonyl (C=O) groups is 2. The average molecular weight is 1160 g/mol. The van der Waals surface area contributed by atoms with Gasteiger partial charge in [0, 0.05) is 6.42 Å². The van der Waals surface area contributed by atoms with Gasteiger partial charge in [-0.25, -0.2) is 0 Å². The third-order valence-electron chi connectivity index (χ3n) is 14.7. The number of ether oxygens (including phenoxy) is 3. The minimum Gasteiger partial charge on any atom is -0.454 e. The van der Waals surface area contributed by atoms with E-state index >= 15 is 0 Å². The topological polar surface area (TPSA) is 175 Å². The summed E-state index contributed by atoms with van der Waals surface area (Å²) in [6.45, 7) is 5.59. The van der Waals surface area contributed by atoms with Crippen molar-refractivity contribution >= 4 is 11.9 Å². The zero-order valence-electron chi connectivity index (χ0n) is 52.3. The summed E-state index contributed by atoms with van der Waals surface area (Å²) in [4.78, 5) is 26.6. The minimum atomic E-state index is -1.64. The summed E-state index contributed by atoms with van der Waals surface area (Å²) >= 11 is 0. The van der Waals surface area contributed by atoms with Crippen LogP contribution in [0, 0.1) is 0 Å². The van der Waals surface area contributed by atoms with E-state index in [9.17, 15) is 35.1 Å². The number of carbonyl (C=O) groups excluding carboxylic acids is 2. The predicted octanol–water partition coefficient (Wildman–Crippen LogP) is 16.4. The van der Waals surface area contributed by atoms with Gasteiger partial charge in [-0.3, -0.25) is 9.59 Å². The molecule has 8 atom stereocenters. The lowest BCUT2D eigenvalue weighted by atomic mass is 9.99. The van der Waals surface area contributed by atoms with Crippen LogP contribution < -0.4 is 5.32 Å². The van der Waals surface area contributed by atoms with Crippen LogP contribution in [0.15, 0.2) is 134 Å². The van der Waals surface area contributed by atoms with Crippen molar-refractivity contribution in [3.05, 3.63) is 134 Å². The highest BCUT2D eigenvalue weighted by Crippen LogP contribution is 2.26. The standard InChI is InChI=1S/C72H119NO10/c1-4-7-10-13-16-19-22-25-27-29-30-31-32-33-34-35-37-38-41-44-47-50-53-56-59-65(76)71(80)73-63(64(75)58-55-52-49-46-43-40-24-21-18-15-12-9-6-3)62-81-72-70(69(79)68(78)66(61-74)82-72)83-67(77)60-57-54-51-48-45-42-39-36-28-26-23-20-17-14-11-8-5-2/h8,11,14,16-17,19-20,23,25-28,30-31,33-34,36,39,42,45,55,58,63-66,68-70,72,74-76,78-79H,4-7,9-10,12-13,15,18,21-22,24,29,32,35,37-38,40-41,43-44,46-54,56-57,59-62H2,1-3H3,(H,73,80)/b11-8-,17-14+,19-16-,23-20+,27-25-,28-26-,31-30-,34-33-,39-36+,45-42+,58-55+. The van der Waals surface area contributed by atoms with Crippen molar-refractivity contribution in [3.63, 3.8) is 0 Å². The highest BCUT2D eigenvalue weighted by Gasteiger charge is 2.47. The molecule has 1 rings (SSSR count). The lowest BCUT2D eigenvalue weighted by molar-refractivity contribution is -0.305. The fourth-order valence-corrected chi connectivity index (χ4v) is 9.49. The summed E-state index contributed by atoms with van der Waals surface area (Å²) < 4.78 is 17.6. The van der Waals surface area contributed by atoms with Crippen molar-refractivity contribution in [2.45, 2.75) is 294 Å². The maximum atomic E-state index is 13.5. The molecule has 0 bridgehead atoms. The molecule has 11 heteroatoms. The molecule has 0 aliphatic carbocycles. The molecule has 83 heavy (non-hydrogen) atoms. The molecule has 8 unspecified atom stereocenters. The molecule has 0 saturated carbocycles. The van der Waals surface area contributed by atoms with E-state index in [1.54, 1.807) is 6.08 Å². The van der Waals surface area contributed by atoms with Crippen molar-refractivity contribution in [1.29, 1.82) is 0 Å². The first-order chi connectivity index (χ1) is 40.7. The molecule has 1 amide bonds. The number of aliphatic hydroxyl groups is 5. The highest BCUT2D eigenvalue weighted by atomic mass is 16.7. The fraction of sp³-hybridized carbons (Fsp3) is 0.667. The number of nitrogens with one attached hydrogen (secondary N) is 1. The summed E-state index contributed by atoms with van der Waals surface area (Å²) in [5.74, 6) is -1.26. The van der Waals surface area contributed by atoms with Crippen molar-refractivity contribution in [2.75, 3.05) is 13.2 Å². The van der Waals surface area contributed by atoms with E-state index in [4.69, 9.17) is 14.2 Å². The molecule has 1 aliphatic rings. The molecule has 1 fully saturated rings. The first kappa shape index (κ1) is 76.8. The van der Waals surface area contributed by atoms with Gasteiger partial charge in [0.15, 0.2) is 12.4 Å². The molecular weight excluding hydrogens is 1040 g/mol. The van der Waals surface area contributed by atoms with Crippen molar-refractivity contribution in [2.24, 2.45) is 0 Å². The van der Waals surface area contributed by atoms with Gasteiger partial charge in [0.05, 0.1) is 25.4 Å². The molecule has 0 aromatic rings. The Labute approximate surface area is 505 Å². The number of rotatable bonds is 54. The largest absolute Gasteiger partial charge is 0.454 e. The Balaban J connectivity index is 2.68. The van der Waals surface area contributed by atoms with E-state index in [-0.39, 0.29) is 19.4 Å². The average Bonchev–Trinajstić information content (AvgIpc) is 3.58. The van der Waals surface area contributed by atoms with E-state index in [1.165, 1.54) is 96.3 Å². The molecule has 0 spiro atoms. The molecule has 1 heterocycles. The second kappa shape index (κ2) is 58.2. The van der Waals surface area contributed by atoms with Gasteiger partial charge in [-0.15, -0.1) is 0 Å². The predicted molar refractivity (Wildman–Crippen MR) is 347 cm³/mol. The highest BCUT2D eigenvalue weighted by molar-refractivity contribution is 5.80. The summed E-state index contributed by atoms with van der Waals surface area (Å²) in [6, 6.07) is -1.05. The smallest absolute Gasteiger partial charge is 0.306 e. The lowest BCUT2D eigenvalue weighted by Crippen LogP contribution is -2.61. The first-order valence-electron chi connectivity index (χ1n) is 33.0. The van der Waals surface area contributed by atoms with Crippen LogP contribution in [-0.4, -0.2) is 99.6 Å². The second-order valence-corrected chi connectivity index (χ2v) is 22.3. The molecule has 0 aromatic heterocycles. The van der Waals surface area contributed by atoms with Gasteiger partial charge in [-0.05, 0) is 89.9 Å². The van der Waals surface area contributed by atoms with Crippen LogP contribution in [0.3, 0.4) is 0 Å². The molecule has 0 radical (unpaired) electrons. The number of allylic oxidation sites excluding steroid dienone is 21. The number of hydrogen-bond donors (Lipinski definition) is 6. The summed E-state index contributed by atoms with van der Waals surface area (Å²) in [7, 11) is 0. The van der Waals surface area contributed by atoms with Crippen LogP contribution >= 0.6 is 0 Å². The number of esters is 1. The summed E-state index contributed by atoms with van der Waals surface area (Å²) in [5.41, 5.74) is 0. The van der Waals surface area contributed by atoms with E-state index < -0.39 is 67.4 Å². The Bertz CT molecular complexity index is 1860.